The Morgan fingerprint density at radius 2 is 1.60 bits per heavy atom. The van der Waals surface area contributed by atoms with Crippen molar-refractivity contribution in [2.45, 2.75) is 6.10 Å². The Labute approximate surface area is 112 Å². The highest BCUT2D eigenvalue weighted by molar-refractivity contribution is 5.77. The van der Waals surface area contributed by atoms with E-state index in [4.69, 9.17) is 4.42 Å². The van der Waals surface area contributed by atoms with Crippen LogP contribution >= 0.6 is 0 Å². The highest BCUT2D eigenvalue weighted by atomic mass is 19.2. The first kappa shape index (κ1) is 12.7. The molecule has 0 radical (unpaired) electrons. The molecule has 0 spiro atoms. The zero-order valence-electron chi connectivity index (χ0n) is 10.1. The van der Waals surface area contributed by atoms with E-state index < -0.39 is 23.6 Å². The van der Waals surface area contributed by atoms with Crippen LogP contribution in [0.2, 0.25) is 0 Å². The summed E-state index contributed by atoms with van der Waals surface area (Å²) in [5.74, 6) is -4.13. The number of rotatable bonds is 2. The molecule has 0 aliphatic rings. The molecule has 0 bridgehead atoms. The number of aliphatic hydroxyl groups is 1. The molecule has 0 aliphatic heterocycles. The van der Waals surface area contributed by atoms with Gasteiger partial charge in [-0.3, -0.25) is 0 Å². The van der Waals surface area contributed by atoms with Crippen molar-refractivity contribution in [3.05, 3.63) is 71.2 Å². The Hall–Kier alpha value is -2.27. The monoisotopic (exact) mass is 278 g/mol. The SMILES string of the molecule is OC(c1cc(F)c(F)c(F)c1)c1cc2ccccc2o1. The Morgan fingerprint density at radius 3 is 2.25 bits per heavy atom. The van der Waals surface area contributed by atoms with Crippen LogP contribution in [-0.2, 0) is 0 Å². The van der Waals surface area contributed by atoms with Crippen molar-refractivity contribution in [3.63, 3.8) is 0 Å². The third-order valence-corrected chi connectivity index (χ3v) is 3.04. The number of hydrogen-bond acceptors (Lipinski definition) is 2. The average molecular weight is 278 g/mol. The van der Waals surface area contributed by atoms with Crippen LogP contribution in [0.3, 0.4) is 0 Å². The summed E-state index contributed by atoms with van der Waals surface area (Å²) in [5.41, 5.74) is 0.435. The van der Waals surface area contributed by atoms with Gasteiger partial charge in [0.1, 0.15) is 17.4 Å². The van der Waals surface area contributed by atoms with Crippen LogP contribution in [0.25, 0.3) is 11.0 Å². The minimum Gasteiger partial charge on any atom is -0.458 e. The zero-order valence-corrected chi connectivity index (χ0v) is 10.1. The highest BCUT2D eigenvalue weighted by Crippen LogP contribution is 2.29. The summed E-state index contributed by atoms with van der Waals surface area (Å²) >= 11 is 0. The maximum Gasteiger partial charge on any atom is 0.194 e. The zero-order chi connectivity index (χ0) is 14.3. The van der Waals surface area contributed by atoms with Crippen LogP contribution in [0.15, 0.2) is 46.9 Å². The molecule has 0 amide bonds. The molecule has 0 saturated heterocycles. The molecular weight excluding hydrogens is 269 g/mol. The molecule has 1 atom stereocenters. The summed E-state index contributed by atoms with van der Waals surface area (Å²) in [7, 11) is 0. The second-order valence-electron chi connectivity index (χ2n) is 4.39. The first-order chi connectivity index (χ1) is 9.56. The summed E-state index contributed by atoms with van der Waals surface area (Å²) in [6, 6.07) is 10.1. The van der Waals surface area contributed by atoms with E-state index in [2.05, 4.69) is 0 Å². The van der Waals surface area contributed by atoms with E-state index in [9.17, 15) is 18.3 Å². The van der Waals surface area contributed by atoms with Gasteiger partial charge < -0.3 is 9.52 Å². The molecule has 2 nitrogen and oxygen atoms in total. The Balaban J connectivity index is 2.05. The summed E-state index contributed by atoms with van der Waals surface area (Å²) in [6.45, 7) is 0. The largest absolute Gasteiger partial charge is 0.458 e. The summed E-state index contributed by atoms with van der Waals surface area (Å²) in [4.78, 5) is 0. The lowest BCUT2D eigenvalue weighted by atomic mass is 10.1. The van der Waals surface area contributed by atoms with Crippen LogP contribution in [0, 0.1) is 17.5 Å². The van der Waals surface area contributed by atoms with E-state index in [0.717, 1.165) is 17.5 Å². The lowest BCUT2D eigenvalue weighted by Crippen LogP contribution is -2.02. The van der Waals surface area contributed by atoms with E-state index in [-0.39, 0.29) is 11.3 Å². The van der Waals surface area contributed by atoms with E-state index in [1.54, 1.807) is 30.3 Å². The minimum atomic E-state index is -1.56. The van der Waals surface area contributed by atoms with Gasteiger partial charge >= 0.3 is 0 Å². The fraction of sp³-hybridized carbons (Fsp3) is 0.0667. The van der Waals surface area contributed by atoms with Crippen molar-refractivity contribution >= 4 is 11.0 Å². The van der Waals surface area contributed by atoms with Crippen molar-refractivity contribution in [2.24, 2.45) is 0 Å². The van der Waals surface area contributed by atoms with Gasteiger partial charge in [0.25, 0.3) is 0 Å². The molecule has 2 aromatic carbocycles. The third kappa shape index (κ3) is 2.06. The first-order valence-corrected chi connectivity index (χ1v) is 5.87. The fourth-order valence-corrected chi connectivity index (χ4v) is 2.03. The molecule has 1 heterocycles. The predicted molar refractivity (Wildman–Crippen MR) is 66.6 cm³/mol. The summed E-state index contributed by atoms with van der Waals surface area (Å²) in [6.07, 6.45) is -1.37. The van der Waals surface area contributed by atoms with E-state index in [1.165, 1.54) is 0 Å². The molecule has 20 heavy (non-hydrogen) atoms. The maximum absolute atomic E-state index is 13.2. The van der Waals surface area contributed by atoms with Crippen LogP contribution in [-0.4, -0.2) is 5.11 Å². The Bertz CT molecular complexity index is 724. The topological polar surface area (TPSA) is 33.4 Å². The first-order valence-electron chi connectivity index (χ1n) is 5.87. The Morgan fingerprint density at radius 1 is 0.950 bits per heavy atom. The van der Waals surface area contributed by atoms with Gasteiger partial charge in [0.05, 0.1) is 0 Å². The van der Waals surface area contributed by atoms with Gasteiger partial charge in [-0.15, -0.1) is 0 Å². The molecule has 1 unspecified atom stereocenters. The maximum atomic E-state index is 13.2. The van der Waals surface area contributed by atoms with Crippen LogP contribution < -0.4 is 0 Å². The van der Waals surface area contributed by atoms with Crippen molar-refractivity contribution in [1.29, 1.82) is 0 Å². The minimum absolute atomic E-state index is 0.111. The smallest absolute Gasteiger partial charge is 0.194 e. The molecule has 0 aliphatic carbocycles. The van der Waals surface area contributed by atoms with Gasteiger partial charge in [0, 0.05) is 5.39 Å². The lowest BCUT2D eigenvalue weighted by molar-refractivity contribution is 0.191. The number of benzene rings is 2. The highest BCUT2D eigenvalue weighted by Gasteiger charge is 2.19. The predicted octanol–water partition coefficient (Wildman–Crippen LogP) is 3.93. The van der Waals surface area contributed by atoms with Crippen molar-refractivity contribution in [3.8, 4) is 0 Å². The lowest BCUT2D eigenvalue weighted by Gasteiger charge is -2.08. The molecular formula is C15H9F3O2. The average Bonchev–Trinajstić information content (AvgIpc) is 2.87. The van der Waals surface area contributed by atoms with E-state index >= 15 is 0 Å². The molecule has 3 rings (SSSR count). The van der Waals surface area contributed by atoms with Crippen molar-refractivity contribution < 1.29 is 22.7 Å². The number of hydrogen-bond donors (Lipinski definition) is 1. The Kier molecular flexibility index (Phi) is 2.99. The molecule has 0 fully saturated rings. The molecule has 1 N–H and O–H groups in total. The van der Waals surface area contributed by atoms with Crippen LogP contribution in [0.1, 0.15) is 17.4 Å². The molecule has 3 aromatic rings. The van der Waals surface area contributed by atoms with Gasteiger partial charge in [0.15, 0.2) is 17.5 Å². The van der Waals surface area contributed by atoms with Gasteiger partial charge in [-0.2, -0.15) is 0 Å². The summed E-state index contributed by atoms with van der Waals surface area (Å²) < 4.78 is 44.6. The number of fused-ring (bicyclic) bond motifs is 1. The second kappa shape index (κ2) is 4.68. The number of aliphatic hydroxyl groups excluding tert-OH is 1. The van der Waals surface area contributed by atoms with Crippen LogP contribution in [0.5, 0.6) is 0 Å². The second-order valence-corrected chi connectivity index (χ2v) is 4.39. The summed E-state index contributed by atoms with van der Waals surface area (Å²) in [5, 5.41) is 10.8. The molecule has 1 aromatic heterocycles. The third-order valence-electron chi connectivity index (χ3n) is 3.04. The van der Waals surface area contributed by atoms with Crippen molar-refractivity contribution in [2.75, 3.05) is 0 Å². The number of furan rings is 1. The number of halogens is 3. The van der Waals surface area contributed by atoms with E-state index in [1.807, 2.05) is 0 Å². The van der Waals surface area contributed by atoms with Crippen molar-refractivity contribution in [1.82, 2.24) is 0 Å². The van der Waals surface area contributed by atoms with E-state index in [0.29, 0.717) is 5.58 Å². The van der Waals surface area contributed by atoms with Gasteiger partial charge in [-0.25, -0.2) is 13.2 Å². The van der Waals surface area contributed by atoms with Gasteiger partial charge in [0.2, 0.25) is 0 Å². The van der Waals surface area contributed by atoms with Crippen LogP contribution in [0.4, 0.5) is 13.2 Å². The normalized spacial score (nSPS) is 12.8. The standard InChI is InChI=1S/C15H9F3O2/c16-10-5-9(6-11(17)14(10)18)15(19)13-7-8-3-1-2-4-12(8)20-13/h1-7,15,19H. The molecule has 5 heteroatoms. The van der Waals surface area contributed by atoms with Gasteiger partial charge in [-0.1, -0.05) is 18.2 Å². The molecule has 0 saturated carbocycles. The number of para-hydroxylation sites is 1. The van der Waals surface area contributed by atoms with Gasteiger partial charge in [-0.05, 0) is 29.8 Å². The molecule has 102 valence electrons. The quantitative estimate of drug-likeness (QED) is 0.720. The fourth-order valence-electron chi connectivity index (χ4n) is 2.03.